The molecule has 0 heterocycles. The van der Waals surface area contributed by atoms with Crippen LogP contribution in [-0.4, -0.2) is 0 Å². The minimum Gasteiger partial charge on any atom is -0.207 e. The minimum atomic E-state index is -0.160. The molecule has 0 bridgehead atoms. The average Bonchev–Trinajstić information content (AvgIpc) is 3.13. The molecule has 2 aromatic rings. The van der Waals surface area contributed by atoms with E-state index in [1.807, 2.05) is 18.2 Å². The second-order valence-electron chi connectivity index (χ2n) is 4.46. The fraction of sp³-hybridized carbons (Fsp3) is 0.200. The van der Waals surface area contributed by atoms with E-state index >= 15 is 0 Å². The van der Waals surface area contributed by atoms with E-state index in [2.05, 4.69) is 24.3 Å². The third kappa shape index (κ3) is 1.44. The number of hydrogen-bond donors (Lipinski definition) is 0. The summed E-state index contributed by atoms with van der Waals surface area (Å²) in [6, 6.07) is 17.4. The second kappa shape index (κ2) is 3.44. The van der Waals surface area contributed by atoms with Crippen molar-refractivity contribution >= 4 is 0 Å². The van der Waals surface area contributed by atoms with E-state index in [-0.39, 0.29) is 11.2 Å². The molecule has 16 heavy (non-hydrogen) atoms. The Bertz CT molecular complexity index is 481. The highest BCUT2D eigenvalue weighted by molar-refractivity contribution is 5.44. The highest BCUT2D eigenvalue weighted by Gasteiger charge is 2.45. The summed E-state index contributed by atoms with van der Waals surface area (Å²) >= 11 is 0. The van der Waals surface area contributed by atoms with Crippen LogP contribution in [0.3, 0.4) is 0 Å². The first-order chi connectivity index (χ1) is 7.81. The van der Waals surface area contributed by atoms with Crippen LogP contribution >= 0.6 is 0 Å². The highest BCUT2D eigenvalue weighted by atomic mass is 19.1. The van der Waals surface area contributed by atoms with Gasteiger partial charge < -0.3 is 0 Å². The normalized spacial score (nSPS) is 17.1. The molecular weight excluding hydrogens is 199 g/mol. The standard InChI is InChI=1S/C15H13F/c16-14-8-6-13(7-9-14)15(10-11-15)12-4-2-1-3-5-12/h1-9H,10-11H2. The molecule has 0 spiro atoms. The van der Waals surface area contributed by atoms with E-state index in [0.29, 0.717) is 0 Å². The summed E-state index contributed by atoms with van der Waals surface area (Å²) in [5, 5.41) is 0. The Morgan fingerprint density at radius 1 is 0.750 bits per heavy atom. The van der Waals surface area contributed by atoms with Crippen molar-refractivity contribution in [2.45, 2.75) is 18.3 Å². The van der Waals surface area contributed by atoms with Crippen LogP contribution in [0.5, 0.6) is 0 Å². The lowest BCUT2D eigenvalue weighted by Gasteiger charge is -2.16. The number of hydrogen-bond acceptors (Lipinski definition) is 0. The molecule has 0 radical (unpaired) electrons. The predicted octanol–water partition coefficient (Wildman–Crippen LogP) is 3.91. The van der Waals surface area contributed by atoms with Crippen molar-refractivity contribution in [1.29, 1.82) is 0 Å². The van der Waals surface area contributed by atoms with Gasteiger partial charge in [0.15, 0.2) is 0 Å². The smallest absolute Gasteiger partial charge is 0.123 e. The highest BCUT2D eigenvalue weighted by Crippen LogP contribution is 2.53. The van der Waals surface area contributed by atoms with Crippen molar-refractivity contribution in [3.63, 3.8) is 0 Å². The van der Waals surface area contributed by atoms with Crippen molar-refractivity contribution < 1.29 is 4.39 Å². The molecule has 0 nitrogen and oxygen atoms in total. The van der Waals surface area contributed by atoms with Gasteiger partial charge in [-0.05, 0) is 36.1 Å². The quantitative estimate of drug-likeness (QED) is 0.708. The molecule has 1 fully saturated rings. The van der Waals surface area contributed by atoms with Gasteiger partial charge in [-0.15, -0.1) is 0 Å². The van der Waals surface area contributed by atoms with Crippen molar-refractivity contribution in [2.24, 2.45) is 0 Å². The first-order valence-electron chi connectivity index (χ1n) is 5.63. The van der Waals surface area contributed by atoms with Crippen LogP contribution in [0.1, 0.15) is 24.0 Å². The van der Waals surface area contributed by atoms with Crippen molar-refractivity contribution in [3.05, 3.63) is 71.5 Å². The first-order valence-corrected chi connectivity index (χ1v) is 5.63. The summed E-state index contributed by atoms with van der Waals surface area (Å²) in [6.45, 7) is 0. The van der Waals surface area contributed by atoms with Crippen LogP contribution in [0.15, 0.2) is 54.6 Å². The number of rotatable bonds is 2. The second-order valence-corrected chi connectivity index (χ2v) is 4.46. The van der Waals surface area contributed by atoms with Crippen molar-refractivity contribution in [1.82, 2.24) is 0 Å². The largest absolute Gasteiger partial charge is 0.207 e. The van der Waals surface area contributed by atoms with Gasteiger partial charge in [-0.3, -0.25) is 0 Å². The van der Waals surface area contributed by atoms with Crippen LogP contribution in [-0.2, 0) is 5.41 Å². The van der Waals surface area contributed by atoms with E-state index in [9.17, 15) is 4.39 Å². The summed E-state index contributed by atoms with van der Waals surface area (Å²) < 4.78 is 12.9. The van der Waals surface area contributed by atoms with Gasteiger partial charge in [0.05, 0.1) is 0 Å². The SMILES string of the molecule is Fc1ccc(C2(c3ccccc3)CC2)cc1. The molecule has 1 aliphatic rings. The molecular formula is C15H13F. The van der Waals surface area contributed by atoms with Crippen LogP contribution in [0.4, 0.5) is 4.39 Å². The zero-order valence-electron chi connectivity index (χ0n) is 8.99. The Balaban J connectivity index is 2.03. The van der Waals surface area contributed by atoms with Gasteiger partial charge in [0.2, 0.25) is 0 Å². The summed E-state index contributed by atoms with van der Waals surface area (Å²) in [4.78, 5) is 0. The summed E-state index contributed by atoms with van der Waals surface area (Å²) in [5.74, 6) is -0.160. The van der Waals surface area contributed by atoms with E-state index in [1.165, 1.54) is 24.0 Å². The maximum absolute atomic E-state index is 12.9. The third-order valence-corrected chi connectivity index (χ3v) is 3.47. The summed E-state index contributed by atoms with van der Waals surface area (Å²) in [6.07, 6.45) is 2.34. The van der Waals surface area contributed by atoms with Gasteiger partial charge in [0.25, 0.3) is 0 Å². The molecule has 0 amide bonds. The monoisotopic (exact) mass is 212 g/mol. The van der Waals surface area contributed by atoms with Gasteiger partial charge in [-0.25, -0.2) is 4.39 Å². The molecule has 0 saturated heterocycles. The third-order valence-electron chi connectivity index (χ3n) is 3.47. The van der Waals surface area contributed by atoms with Gasteiger partial charge in [-0.1, -0.05) is 42.5 Å². The minimum absolute atomic E-state index is 0.160. The van der Waals surface area contributed by atoms with Crippen molar-refractivity contribution in [2.75, 3.05) is 0 Å². The van der Waals surface area contributed by atoms with Gasteiger partial charge in [0, 0.05) is 5.41 Å². The molecule has 0 unspecified atom stereocenters. The van der Waals surface area contributed by atoms with Crippen LogP contribution in [0, 0.1) is 5.82 Å². The Labute approximate surface area is 94.7 Å². The molecule has 1 saturated carbocycles. The molecule has 1 heteroatoms. The van der Waals surface area contributed by atoms with Crippen molar-refractivity contribution in [3.8, 4) is 0 Å². The molecule has 1 aliphatic carbocycles. The Morgan fingerprint density at radius 3 is 1.88 bits per heavy atom. The maximum Gasteiger partial charge on any atom is 0.123 e. The maximum atomic E-state index is 12.9. The fourth-order valence-corrected chi connectivity index (χ4v) is 2.40. The average molecular weight is 212 g/mol. The van der Waals surface area contributed by atoms with Crippen LogP contribution < -0.4 is 0 Å². The van der Waals surface area contributed by atoms with Gasteiger partial charge >= 0.3 is 0 Å². The van der Waals surface area contributed by atoms with E-state index in [1.54, 1.807) is 12.1 Å². The van der Waals surface area contributed by atoms with Crippen LogP contribution in [0.25, 0.3) is 0 Å². The lowest BCUT2D eigenvalue weighted by atomic mass is 9.88. The molecule has 2 aromatic carbocycles. The number of benzene rings is 2. The predicted molar refractivity (Wildman–Crippen MR) is 62.9 cm³/mol. The van der Waals surface area contributed by atoms with Gasteiger partial charge in [0.1, 0.15) is 5.82 Å². The lowest BCUT2D eigenvalue weighted by molar-refractivity contribution is 0.626. The van der Waals surface area contributed by atoms with E-state index in [4.69, 9.17) is 0 Å². The molecule has 0 aromatic heterocycles. The summed E-state index contributed by atoms with van der Waals surface area (Å²) in [7, 11) is 0. The summed E-state index contributed by atoms with van der Waals surface area (Å²) in [5.41, 5.74) is 2.75. The van der Waals surface area contributed by atoms with E-state index < -0.39 is 0 Å². The molecule has 0 atom stereocenters. The van der Waals surface area contributed by atoms with E-state index in [0.717, 1.165) is 0 Å². The van der Waals surface area contributed by atoms with Crippen LogP contribution in [0.2, 0.25) is 0 Å². The topological polar surface area (TPSA) is 0 Å². The Morgan fingerprint density at radius 2 is 1.31 bits per heavy atom. The zero-order valence-corrected chi connectivity index (χ0v) is 8.99. The lowest BCUT2D eigenvalue weighted by Crippen LogP contribution is -2.08. The zero-order chi connectivity index (χ0) is 11.0. The first kappa shape index (κ1) is 9.59. The molecule has 3 rings (SSSR count). The molecule has 0 aliphatic heterocycles. The molecule has 80 valence electrons. The Hall–Kier alpha value is -1.63. The number of halogens is 1. The fourth-order valence-electron chi connectivity index (χ4n) is 2.40. The Kier molecular flexibility index (Phi) is 2.06. The molecule has 0 N–H and O–H groups in total. The van der Waals surface area contributed by atoms with Gasteiger partial charge in [-0.2, -0.15) is 0 Å².